The van der Waals surface area contributed by atoms with E-state index in [2.05, 4.69) is 12.6 Å². The number of thiol groups is 1. The molecule has 0 radical (unpaired) electrons. The molecule has 1 unspecified atom stereocenters. The van der Waals surface area contributed by atoms with Crippen molar-refractivity contribution < 1.29 is 33.2 Å². The maximum Gasteiger partial charge on any atom is 2.00 e. The molecule has 1 aromatic carbocycles. The van der Waals surface area contributed by atoms with Crippen molar-refractivity contribution in [1.29, 1.82) is 0 Å². The molecule has 0 saturated heterocycles. The van der Waals surface area contributed by atoms with Crippen LogP contribution in [0, 0.1) is 10.1 Å². The van der Waals surface area contributed by atoms with Gasteiger partial charge in [-0.2, -0.15) is 0 Å². The smallest absolute Gasteiger partial charge is 0.302 e. The molecule has 0 aliphatic heterocycles. The quantitative estimate of drug-likeness (QED) is 0.283. The van der Waals surface area contributed by atoms with Crippen molar-refractivity contribution in [1.82, 2.24) is 0 Å². The molecule has 0 aliphatic carbocycles. The Kier molecular flexibility index (Phi) is 5.43. The van der Waals surface area contributed by atoms with Crippen LogP contribution < -0.4 is 0 Å². The second kappa shape index (κ2) is 5.55. The number of nitro groups is 1. The molecule has 8 heteroatoms. The summed E-state index contributed by atoms with van der Waals surface area (Å²) in [5, 5.41) is 10.4. The van der Waals surface area contributed by atoms with E-state index in [0.29, 0.717) is 0 Å². The molecule has 0 heterocycles. The third-order valence-corrected chi connectivity index (χ3v) is 2.38. The first-order chi connectivity index (χ1) is 6.02. The molecule has 70 valence electrons. The van der Waals surface area contributed by atoms with E-state index in [1.54, 1.807) is 0 Å². The van der Waals surface area contributed by atoms with E-state index in [9.17, 15) is 14.3 Å². The Hall–Kier alpha value is -0.297. The standard InChI is InChI=1S/C6H5NO4S2.Zn/c8-7(9)5-3-4(13(10)11)1-2-6(5)12;/h1-3,12H,(H,10,11);/q;+2. The van der Waals surface area contributed by atoms with Gasteiger partial charge in [-0.25, -0.2) is 4.21 Å². The van der Waals surface area contributed by atoms with Crippen LogP contribution >= 0.6 is 12.6 Å². The number of rotatable bonds is 2. The topological polar surface area (TPSA) is 80.4 Å². The Morgan fingerprint density at radius 1 is 1.50 bits per heavy atom. The van der Waals surface area contributed by atoms with Gasteiger partial charge in [0.15, 0.2) is 11.1 Å². The van der Waals surface area contributed by atoms with Crippen molar-refractivity contribution in [2.45, 2.75) is 9.79 Å². The van der Waals surface area contributed by atoms with Crippen LogP contribution in [0.4, 0.5) is 5.69 Å². The number of nitrogens with zero attached hydrogens (tertiary/aromatic N) is 1. The van der Waals surface area contributed by atoms with E-state index in [1.165, 1.54) is 12.1 Å². The van der Waals surface area contributed by atoms with Gasteiger partial charge in [0.25, 0.3) is 5.69 Å². The number of nitro benzene ring substituents is 1. The molecule has 0 saturated carbocycles. The van der Waals surface area contributed by atoms with Crippen molar-refractivity contribution in [3.63, 3.8) is 0 Å². The summed E-state index contributed by atoms with van der Waals surface area (Å²) in [6, 6.07) is 3.65. The van der Waals surface area contributed by atoms with Gasteiger partial charge in [0.05, 0.1) is 14.7 Å². The summed E-state index contributed by atoms with van der Waals surface area (Å²) in [5.74, 6) is 0. The van der Waals surface area contributed by atoms with Crippen LogP contribution in [0.2, 0.25) is 0 Å². The number of hydrogen-bond donors (Lipinski definition) is 2. The molecule has 0 bridgehead atoms. The van der Waals surface area contributed by atoms with E-state index in [-0.39, 0.29) is 35.0 Å². The Morgan fingerprint density at radius 2 is 2.07 bits per heavy atom. The van der Waals surface area contributed by atoms with Crippen LogP contribution in [0.1, 0.15) is 0 Å². The molecule has 0 amide bonds. The van der Waals surface area contributed by atoms with Gasteiger partial charge in [-0.3, -0.25) is 10.1 Å². The minimum absolute atomic E-state index is 0. The third-order valence-electron chi connectivity index (χ3n) is 1.35. The zero-order valence-corrected chi connectivity index (χ0v) is 11.6. The van der Waals surface area contributed by atoms with Gasteiger partial charge in [0.2, 0.25) is 0 Å². The summed E-state index contributed by atoms with van der Waals surface area (Å²) in [4.78, 5) is 9.87. The summed E-state index contributed by atoms with van der Waals surface area (Å²) in [6.45, 7) is 0. The number of hydrogen-bond acceptors (Lipinski definition) is 4. The number of benzene rings is 1. The normalized spacial score (nSPS) is 11.6. The van der Waals surface area contributed by atoms with Crippen LogP contribution in [0.15, 0.2) is 28.0 Å². The largest absolute Gasteiger partial charge is 2.00 e. The van der Waals surface area contributed by atoms with Gasteiger partial charge in [-0.05, 0) is 12.1 Å². The molecule has 5 nitrogen and oxygen atoms in total. The van der Waals surface area contributed by atoms with Gasteiger partial charge in [-0.1, -0.05) is 0 Å². The molecule has 1 rings (SSSR count). The minimum Gasteiger partial charge on any atom is -0.302 e. The van der Waals surface area contributed by atoms with Crippen LogP contribution in [0.25, 0.3) is 0 Å². The van der Waals surface area contributed by atoms with Gasteiger partial charge >= 0.3 is 19.5 Å². The predicted molar refractivity (Wildman–Crippen MR) is 49.4 cm³/mol. The van der Waals surface area contributed by atoms with E-state index < -0.39 is 16.0 Å². The van der Waals surface area contributed by atoms with E-state index in [0.717, 1.165) is 6.07 Å². The molecule has 0 spiro atoms. The monoisotopic (exact) mass is 283 g/mol. The Morgan fingerprint density at radius 3 is 2.50 bits per heavy atom. The fourth-order valence-corrected chi connectivity index (χ4v) is 1.38. The Labute approximate surface area is 101 Å². The van der Waals surface area contributed by atoms with Gasteiger partial charge in [-0.15, -0.1) is 12.6 Å². The second-order valence-electron chi connectivity index (χ2n) is 2.16. The summed E-state index contributed by atoms with van der Waals surface area (Å²) < 4.78 is 19.2. The summed E-state index contributed by atoms with van der Waals surface area (Å²) in [6.07, 6.45) is 0. The molecular formula is C6H5NO4S2Zn+2. The Bertz CT molecular complexity index is 384. The fraction of sp³-hybridized carbons (Fsp3) is 0. The van der Waals surface area contributed by atoms with Crippen molar-refractivity contribution >= 4 is 29.4 Å². The van der Waals surface area contributed by atoms with Crippen LogP contribution in [0.3, 0.4) is 0 Å². The van der Waals surface area contributed by atoms with Gasteiger partial charge in [0.1, 0.15) is 0 Å². The zero-order chi connectivity index (χ0) is 10.0. The SMILES string of the molecule is O=[N+]([O-])c1cc(S(=O)O)ccc1S.[Zn+2]. The Balaban J connectivity index is 0.00000169. The molecule has 14 heavy (non-hydrogen) atoms. The molecule has 1 aromatic rings. The third kappa shape index (κ3) is 3.13. The van der Waals surface area contributed by atoms with Crippen molar-refractivity contribution in [2.24, 2.45) is 0 Å². The van der Waals surface area contributed by atoms with Crippen LogP contribution in [0.5, 0.6) is 0 Å². The second-order valence-corrected chi connectivity index (χ2v) is 3.61. The molecule has 1 N–H and O–H groups in total. The average molecular weight is 285 g/mol. The van der Waals surface area contributed by atoms with Crippen molar-refractivity contribution in [3.05, 3.63) is 28.3 Å². The molecular weight excluding hydrogens is 280 g/mol. The molecule has 0 aliphatic rings. The first kappa shape index (κ1) is 13.7. The maximum absolute atomic E-state index is 10.6. The van der Waals surface area contributed by atoms with Gasteiger partial charge in [0, 0.05) is 6.07 Å². The van der Waals surface area contributed by atoms with E-state index in [4.69, 9.17) is 4.55 Å². The average Bonchev–Trinajstić information content (AvgIpc) is 2.04. The zero-order valence-electron chi connectivity index (χ0n) is 6.91. The van der Waals surface area contributed by atoms with Gasteiger partial charge < -0.3 is 4.55 Å². The predicted octanol–water partition coefficient (Wildman–Crippen LogP) is 1.46. The van der Waals surface area contributed by atoms with Crippen LogP contribution in [-0.2, 0) is 30.6 Å². The van der Waals surface area contributed by atoms with Crippen molar-refractivity contribution in [3.8, 4) is 0 Å². The first-order valence-electron chi connectivity index (χ1n) is 3.10. The van der Waals surface area contributed by atoms with Crippen molar-refractivity contribution in [2.75, 3.05) is 0 Å². The summed E-state index contributed by atoms with van der Waals surface area (Å²) in [5.41, 5.74) is -0.275. The van der Waals surface area contributed by atoms with E-state index >= 15 is 0 Å². The molecule has 1 atom stereocenters. The minimum atomic E-state index is -2.20. The summed E-state index contributed by atoms with van der Waals surface area (Å²) in [7, 11) is 0. The maximum atomic E-state index is 10.6. The molecule has 0 aromatic heterocycles. The van der Waals surface area contributed by atoms with E-state index in [1.807, 2.05) is 0 Å². The van der Waals surface area contributed by atoms with Crippen LogP contribution in [-0.4, -0.2) is 13.7 Å². The fourth-order valence-electron chi connectivity index (χ4n) is 0.758. The molecule has 0 fully saturated rings. The first-order valence-corrected chi connectivity index (χ1v) is 4.66. The summed E-state index contributed by atoms with van der Waals surface area (Å²) >= 11 is 1.63.